The quantitative estimate of drug-likeness (QED) is 0.823. The maximum atomic E-state index is 12.9. The molecule has 1 aliphatic rings. The Balaban J connectivity index is 2.11. The minimum absolute atomic E-state index is 0.207. The number of amides is 1. The first-order valence-electron chi connectivity index (χ1n) is 8.37. The summed E-state index contributed by atoms with van der Waals surface area (Å²) in [6.45, 7) is 3.78. The maximum Gasteiger partial charge on any atom is 0.333 e. The van der Waals surface area contributed by atoms with Crippen LogP contribution in [-0.4, -0.2) is 20.5 Å². The van der Waals surface area contributed by atoms with E-state index in [1.807, 2.05) is 19.1 Å². The summed E-state index contributed by atoms with van der Waals surface area (Å²) in [6.07, 6.45) is 0.635. The Hall–Kier alpha value is -2.39. The van der Waals surface area contributed by atoms with Gasteiger partial charge in [0.25, 0.3) is 5.56 Å². The number of carbonyl (C=O) groups is 1. The average molecular weight is 408 g/mol. The Morgan fingerprint density at radius 3 is 2.59 bits per heavy atom. The van der Waals surface area contributed by atoms with Crippen molar-refractivity contribution in [1.82, 2.24) is 14.5 Å². The molecule has 1 amide bonds. The number of nitrogens with zero attached hydrogens (tertiary/aromatic N) is 4. The van der Waals surface area contributed by atoms with Gasteiger partial charge in [0, 0.05) is 18.5 Å². The number of rotatable bonds is 5. The number of thioether (sulfide) groups is 1. The first kappa shape index (κ1) is 19.4. The zero-order chi connectivity index (χ0) is 19.6. The van der Waals surface area contributed by atoms with E-state index < -0.39 is 16.7 Å². The van der Waals surface area contributed by atoms with Crippen LogP contribution in [0.5, 0.6) is 0 Å². The molecule has 1 aromatic carbocycles. The standard InChI is InChI=1S/C17H18ClN5O3S/c1-3-8-22-15(25)13-14(20-21-16(27-13)19-10(2)24)23(17(22)26)9-11-4-6-12(18)7-5-11/h4-7,16H,3,8-9H2,1-2H3,(H,19,24). The molecule has 0 bridgehead atoms. The molecule has 0 saturated carbocycles. The zero-order valence-electron chi connectivity index (χ0n) is 14.8. The number of benzene rings is 1. The minimum atomic E-state index is -0.695. The lowest BCUT2D eigenvalue weighted by atomic mass is 10.2. The molecule has 8 nitrogen and oxygen atoms in total. The second-order valence-corrected chi connectivity index (χ2v) is 7.52. The third kappa shape index (κ3) is 4.14. The van der Waals surface area contributed by atoms with Crippen molar-refractivity contribution >= 4 is 35.1 Å². The van der Waals surface area contributed by atoms with Gasteiger partial charge in [-0.25, -0.2) is 4.79 Å². The summed E-state index contributed by atoms with van der Waals surface area (Å²) in [5, 5.41) is 11.3. The Morgan fingerprint density at radius 1 is 1.26 bits per heavy atom. The van der Waals surface area contributed by atoms with E-state index in [0.717, 1.165) is 17.3 Å². The highest BCUT2D eigenvalue weighted by atomic mass is 35.5. The van der Waals surface area contributed by atoms with Gasteiger partial charge in [-0.05, 0) is 24.1 Å². The maximum absolute atomic E-state index is 12.9. The van der Waals surface area contributed by atoms with Crippen molar-refractivity contribution in [3.05, 3.63) is 55.7 Å². The van der Waals surface area contributed by atoms with Gasteiger partial charge in [0.05, 0.1) is 6.54 Å². The summed E-state index contributed by atoms with van der Waals surface area (Å²) in [5.41, 5.74) is -0.704. The Labute approximate surface area is 164 Å². The highest BCUT2D eigenvalue weighted by Gasteiger charge is 2.26. The summed E-state index contributed by atoms with van der Waals surface area (Å²) in [4.78, 5) is 37.3. The summed E-state index contributed by atoms with van der Waals surface area (Å²) < 4.78 is 2.63. The summed E-state index contributed by atoms with van der Waals surface area (Å²) in [7, 11) is 0. The number of carbonyl (C=O) groups excluding carboxylic acids is 1. The van der Waals surface area contributed by atoms with Crippen LogP contribution in [0.25, 0.3) is 0 Å². The van der Waals surface area contributed by atoms with Gasteiger partial charge in [-0.1, -0.05) is 42.4 Å². The van der Waals surface area contributed by atoms with E-state index in [1.54, 1.807) is 12.1 Å². The number of halogens is 1. The van der Waals surface area contributed by atoms with Crippen molar-refractivity contribution in [3.63, 3.8) is 0 Å². The van der Waals surface area contributed by atoms with Gasteiger partial charge in [-0.2, -0.15) is 0 Å². The number of azo groups is 1. The molecule has 3 rings (SSSR count). The van der Waals surface area contributed by atoms with Crippen molar-refractivity contribution in [2.75, 3.05) is 0 Å². The Morgan fingerprint density at radius 2 is 1.96 bits per heavy atom. The topological polar surface area (TPSA) is 97.8 Å². The molecule has 2 aromatic rings. The Kier molecular flexibility index (Phi) is 5.81. The summed E-state index contributed by atoms with van der Waals surface area (Å²) in [5.74, 6) is -0.0721. The van der Waals surface area contributed by atoms with Crippen LogP contribution in [0, 0.1) is 0 Å². The first-order valence-corrected chi connectivity index (χ1v) is 9.63. The first-order chi connectivity index (χ1) is 12.9. The molecule has 1 N–H and O–H groups in total. The molecule has 1 aromatic heterocycles. The SMILES string of the molecule is CCCn1c(=O)c2c(n(Cc3ccc(Cl)cc3)c1=O)N=NC(NC(C)=O)S2. The van der Waals surface area contributed by atoms with Crippen molar-refractivity contribution in [3.8, 4) is 0 Å². The molecule has 1 aliphatic heterocycles. The van der Waals surface area contributed by atoms with Crippen LogP contribution in [0.2, 0.25) is 5.02 Å². The molecular formula is C17H18ClN5O3S. The second-order valence-electron chi connectivity index (χ2n) is 5.99. The van der Waals surface area contributed by atoms with E-state index in [9.17, 15) is 14.4 Å². The molecule has 0 saturated heterocycles. The molecule has 0 aliphatic carbocycles. The van der Waals surface area contributed by atoms with E-state index in [2.05, 4.69) is 15.5 Å². The fraction of sp³-hybridized carbons (Fsp3) is 0.353. The van der Waals surface area contributed by atoms with Crippen molar-refractivity contribution in [1.29, 1.82) is 0 Å². The monoisotopic (exact) mass is 407 g/mol. The molecular weight excluding hydrogens is 390 g/mol. The van der Waals surface area contributed by atoms with Gasteiger partial charge < -0.3 is 5.32 Å². The summed E-state index contributed by atoms with van der Waals surface area (Å²) >= 11 is 7.00. The van der Waals surface area contributed by atoms with E-state index >= 15 is 0 Å². The largest absolute Gasteiger partial charge is 0.333 e. The van der Waals surface area contributed by atoms with Gasteiger partial charge in [-0.3, -0.25) is 18.7 Å². The number of hydrogen-bond acceptors (Lipinski definition) is 6. The number of nitrogens with one attached hydrogen (secondary N) is 1. The minimum Gasteiger partial charge on any atom is -0.324 e. The normalized spacial score (nSPS) is 15.4. The number of aromatic nitrogens is 2. The molecule has 1 atom stereocenters. The Bertz CT molecular complexity index is 1010. The van der Waals surface area contributed by atoms with E-state index in [-0.39, 0.29) is 18.3 Å². The lowest BCUT2D eigenvalue weighted by molar-refractivity contribution is -0.119. The highest BCUT2D eigenvalue weighted by molar-refractivity contribution is 8.00. The number of fused-ring (bicyclic) bond motifs is 1. The zero-order valence-corrected chi connectivity index (χ0v) is 16.4. The second kappa shape index (κ2) is 8.10. The molecule has 0 radical (unpaired) electrons. The predicted molar refractivity (Wildman–Crippen MR) is 104 cm³/mol. The third-order valence-electron chi connectivity index (χ3n) is 3.87. The molecule has 10 heteroatoms. The van der Waals surface area contributed by atoms with Crippen LogP contribution >= 0.6 is 23.4 Å². The van der Waals surface area contributed by atoms with Crippen LogP contribution in [0.15, 0.2) is 49.0 Å². The smallest absolute Gasteiger partial charge is 0.324 e. The van der Waals surface area contributed by atoms with Crippen LogP contribution in [0.3, 0.4) is 0 Å². The lowest BCUT2D eigenvalue weighted by Crippen LogP contribution is -2.42. The fourth-order valence-corrected chi connectivity index (χ4v) is 3.81. The molecule has 2 heterocycles. The van der Waals surface area contributed by atoms with Crippen LogP contribution in [0.1, 0.15) is 25.8 Å². The van der Waals surface area contributed by atoms with Crippen molar-refractivity contribution in [2.24, 2.45) is 10.2 Å². The van der Waals surface area contributed by atoms with Crippen LogP contribution in [0.4, 0.5) is 5.82 Å². The van der Waals surface area contributed by atoms with E-state index in [0.29, 0.717) is 22.9 Å². The molecule has 1 unspecified atom stereocenters. The highest BCUT2D eigenvalue weighted by Crippen LogP contribution is 2.34. The molecule has 0 fully saturated rings. The van der Waals surface area contributed by atoms with Gasteiger partial charge in [-0.15, -0.1) is 10.2 Å². The number of hydrogen-bond donors (Lipinski definition) is 1. The van der Waals surface area contributed by atoms with Gasteiger partial charge in [0.15, 0.2) is 11.3 Å². The van der Waals surface area contributed by atoms with Crippen molar-refractivity contribution < 1.29 is 4.79 Å². The van der Waals surface area contributed by atoms with Gasteiger partial charge >= 0.3 is 5.69 Å². The fourth-order valence-electron chi connectivity index (χ4n) is 2.68. The van der Waals surface area contributed by atoms with Crippen molar-refractivity contribution in [2.45, 2.75) is 43.8 Å². The average Bonchev–Trinajstić information content (AvgIpc) is 2.63. The molecule has 0 spiro atoms. The molecule has 142 valence electrons. The third-order valence-corrected chi connectivity index (χ3v) is 5.15. The van der Waals surface area contributed by atoms with Gasteiger partial charge in [0.1, 0.15) is 4.90 Å². The van der Waals surface area contributed by atoms with Crippen LogP contribution < -0.4 is 16.6 Å². The van der Waals surface area contributed by atoms with Gasteiger partial charge in [0.2, 0.25) is 5.91 Å². The molecule has 27 heavy (non-hydrogen) atoms. The predicted octanol–water partition coefficient (Wildman–Crippen LogP) is 2.73. The van der Waals surface area contributed by atoms with Crippen LogP contribution in [-0.2, 0) is 17.9 Å². The van der Waals surface area contributed by atoms with E-state index in [4.69, 9.17) is 11.6 Å². The summed E-state index contributed by atoms with van der Waals surface area (Å²) in [6, 6.07) is 7.09. The van der Waals surface area contributed by atoms with E-state index in [1.165, 1.54) is 16.1 Å². The lowest BCUT2D eigenvalue weighted by Gasteiger charge is -2.21.